The molecule has 1 saturated heterocycles. The number of halogens is 1. The third kappa shape index (κ3) is 3.92. The van der Waals surface area contributed by atoms with E-state index in [0.717, 1.165) is 36.3 Å². The lowest BCUT2D eigenvalue weighted by Crippen LogP contribution is -2.42. The second-order valence-electron chi connectivity index (χ2n) is 6.95. The van der Waals surface area contributed by atoms with E-state index in [9.17, 15) is 9.50 Å². The molecule has 0 spiro atoms. The molecule has 1 aromatic carbocycles. The number of nitrogens with zero attached hydrogens (tertiary/aromatic N) is 2. The van der Waals surface area contributed by atoms with Crippen LogP contribution in [0.2, 0.25) is 0 Å². The highest BCUT2D eigenvalue weighted by atomic mass is 19.1. The summed E-state index contributed by atoms with van der Waals surface area (Å²) in [5, 5.41) is 17.8. The Bertz CT molecular complexity index is 693. The number of nitrogens with one attached hydrogen (secondary N) is 1. The Morgan fingerprint density at radius 1 is 1.32 bits per heavy atom. The zero-order valence-electron chi connectivity index (χ0n) is 14.8. The molecular formula is C19H26FN3O2. The summed E-state index contributed by atoms with van der Waals surface area (Å²) in [6.07, 6.45) is 3.60. The highest BCUT2D eigenvalue weighted by Gasteiger charge is 2.32. The van der Waals surface area contributed by atoms with E-state index in [1.165, 1.54) is 12.1 Å². The zero-order valence-corrected chi connectivity index (χ0v) is 14.8. The summed E-state index contributed by atoms with van der Waals surface area (Å²) >= 11 is 0. The van der Waals surface area contributed by atoms with Gasteiger partial charge in [-0.2, -0.15) is 5.10 Å². The first-order chi connectivity index (χ1) is 12.0. The molecule has 2 heterocycles. The molecule has 6 heteroatoms. The zero-order chi connectivity index (χ0) is 17.9. The van der Waals surface area contributed by atoms with Gasteiger partial charge < -0.3 is 15.2 Å². The van der Waals surface area contributed by atoms with Crippen LogP contribution in [0.25, 0.3) is 5.69 Å². The fraction of sp³-hybridized carbons (Fsp3) is 0.526. The van der Waals surface area contributed by atoms with Gasteiger partial charge in [0.05, 0.1) is 18.5 Å². The monoisotopic (exact) mass is 347 g/mol. The van der Waals surface area contributed by atoms with Gasteiger partial charge in [-0.15, -0.1) is 0 Å². The molecule has 2 N–H and O–H groups in total. The van der Waals surface area contributed by atoms with Crippen LogP contribution < -0.4 is 5.32 Å². The highest BCUT2D eigenvalue weighted by molar-refractivity contribution is 5.35. The lowest BCUT2D eigenvalue weighted by Gasteiger charge is -2.36. The van der Waals surface area contributed by atoms with Gasteiger partial charge in [0.2, 0.25) is 0 Å². The predicted octanol–water partition coefficient (Wildman–Crippen LogP) is 2.76. The number of aliphatic hydroxyl groups is 1. The minimum Gasteiger partial charge on any atom is -0.396 e. The first-order valence-corrected chi connectivity index (χ1v) is 8.77. The molecule has 1 atom stereocenters. The van der Waals surface area contributed by atoms with Gasteiger partial charge in [0.15, 0.2) is 0 Å². The van der Waals surface area contributed by atoms with Gasteiger partial charge in [-0.1, -0.05) is 0 Å². The van der Waals surface area contributed by atoms with E-state index in [0.29, 0.717) is 13.2 Å². The molecule has 1 aromatic heterocycles. The maximum atomic E-state index is 13.1. The minimum absolute atomic E-state index is 0.104. The van der Waals surface area contributed by atoms with Crippen molar-refractivity contribution in [3.8, 4) is 5.69 Å². The van der Waals surface area contributed by atoms with E-state index in [1.807, 2.05) is 17.8 Å². The number of benzene rings is 1. The maximum Gasteiger partial charge on any atom is 0.123 e. The van der Waals surface area contributed by atoms with Gasteiger partial charge in [0, 0.05) is 42.5 Å². The van der Waals surface area contributed by atoms with Crippen LogP contribution in [0.5, 0.6) is 0 Å². The average molecular weight is 347 g/mol. The molecule has 136 valence electrons. The summed E-state index contributed by atoms with van der Waals surface area (Å²) in [5.74, 6) is -0.255. The van der Waals surface area contributed by atoms with Crippen LogP contribution in [-0.2, 0) is 4.74 Å². The number of hydrogen-bond donors (Lipinski definition) is 2. The fourth-order valence-electron chi connectivity index (χ4n) is 3.36. The third-order valence-electron chi connectivity index (χ3n) is 5.26. The van der Waals surface area contributed by atoms with E-state index >= 15 is 0 Å². The van der Waals surface area contributed by atoms with E-state index in [4.69, 9.17) is 4.74 Å². The molecule has 0 amide bonds. The van der Waals surface area contributed by atoms with Crippen LogP contribution in [0, 0.1) is 18.2 Å². The molecule has 5 nitrogen and oxygen atoms in total. The molecule has 0 radical (unpaired) electrons. The van der Waals surface area contributed by atoms with Gasteiger partial charge in [-0.3, -0.25) is 0 Å². The lowest BCUT2D eigenvalue weighted by atomic mass is 9.80. The highest BCUT2D eigenvalue weighted by Crippen LogP contribution is 2.30. The Balaban J connectivity index is 1.70. The molecule has 1 aliphatic heterocycles. The first kappa shape index (κ1) is 18.0. The van der Waals surface area contributed by atoms with Crippen LogP contribution in [-0.4, -0.2) is 41.3 Å². The normalized spacial score (nSPS) is 18.2. The van der Waals surface area contributed by atoms with Crippen molar-refractivity contribution in [2.45, 2.75) is 32.7 Å². The van der Waals surface area contributed by atoms with E-state index < -0.39 is 0 Å². The van der Waals surface area contributed by atoms with Crippen LogP contribution in [0.4, 0.5) is 4.39 Å². The molecule has 3 rings (SSSR count). The SMILES string of the molecule is Cc1c(C(C)NCC2(CO)CCOCC2)cnn1-c1ccc(F)cc1. The van der Waals surface area contributed by atoms with Crippen molar-refractivity contribution >= 4 is 0 Å². The third-order valence-corrected chi connectivity index (χ3v) is 5.26. The summed E-state index contributed by atoms with van der Waals surface area (Å²) in [5.41, 5.74) is 2.86. The molecule has 1 aliphatic rings. The number of rotatable bonds is 6. The summed E-state index contributed by atoms with van der Waals surface area (Å²) in [6.45, 7) is 6.44. The van der Waals surface area contributed by atoms with Crippen LogP contribution >= 0.6 is 0 Å². The molecule has 0 aliphatic carbocycles. The topological polar surface area (TPSA) is 59.3 Å². The van der Waals surface area contributed by atoms with Gasteiger partial charge in [-0.05, 0) is 51.0 Å². The summed E-state index contributed by atoms with van der Waals surface area (Å²) in [6, 6.07) is 6.43. The quantitative estimate of drug-likeness (QED) is 0.844. The van der Waals surface area contributed by atoms with Crippen molar-refractivity contribution in [3.05, 3.63) is 47.5 Å². The van der Waals surface area contributed by atoms with E-state index in [1.54, 1.807) is 12.1 Å². The fourth-order valence-corrected chi connectivity index (χ4v) is 3.36. The van der Waals surface area contributed by atoms with Crippen LogP contribution in [0.1, 0.15) is 37.1 Å². The van der Waals surface area contributed by atoms with Gasteiger partial charge in [0.1, 0.15) is 5.82 Å². The molecule has 1 unspecified atom stereocenters. The summed E-state index contributed by atoms with van der Waals surface area (Å²) in [7, 11) is 0. The van der Waals surface area contributed by atoms with Crippen molar-refractivity contribution in [1.29, 1.82) is 0 Å². The van der Waals surface area contributed by atoms with Crippen molar-refractivity contribution in [1.82, 2.24) is 15.1 Å². The van der Waals surface area contributed by atoms with Crippen molar-refractivity contribution < 1.29 is 14.2 Å². The van der Waals surface area contributed by atoms with Crippen molar-refractivity contribution in [2.24, 2.45) is 5.41 Å². The maximum absolute atomic E-state index is 13.1. The Hall–Kier alpha value is -1.76. The number of aromatic nitrogens is 2. The van der Waals surface area contributed by atoms with Gasteiger partial charge in [-0.25, -0.2) is 9.07 Å². The van der Waals surface area contributed by atoms with Gasteiger partial charge in [0.25, 0.3) is 0 Å². The summed E-state index contributed by atoms with van der Waals surface area (Å²) in [4.78, 5) is 0. The van der Waals surface area contributed by atoms with E-state index in [2.05, 4.69) is 17.3 Å². The predicted molar refractivity (Wildman–Crippen MR) is 94.2 cm³/mol. The van der Waals surface area contributed by atoms with Gasteiger partial charge >= 0.3 is 0 Å². The Kier molecular flexibility index (Phi) is 5.51. The largest absolute Gasteiger partial charge is 0.396 e. The lowest BCUT2D eigenvalue weighted by molar-refractivity contribution is -0.0163. The Morgan fingerprint density at radius 2 is 2.00 bits per heavy atom. The first-order valence-electron chi connectivity index (χ1n) is 8.77. The molecule has 0 saturated carbocycles. The number of hydrogen-bond acceptors (Lipinski definition) is 4. The van der Waals surface area contributed by atoms with Crippen molar-refractivity contribution in [2.75, 3.05) is 26.4 Å². The smallest absolute Gasteiger partial charge is 0.123 e. The van der Waals surface area contributed by atoms with E-state index in [-0.39, 0.29) is 23.9 Å². The second kappa shape index (κ2) is 7.64. The second-order valence-corrected chi connectivity index (χ2v) is 6.95. The standard InChI is InChI=1S/C19H26FN3O2/c1-14(21-12-19(13-24)7-9-25-10-8-19)18-11-22-23(15(18)2)17-5-3-16(20)4-6-17/h3-6,11,14,21,24H,7-10,12-13H2,1-2H3. The van der Waals surface area contributed by atoms with Crippen LogP contribution in [0.3, 0.4) is 0 Å². The molecule has 0 bridgehead atoms. The molecule has 2 aromatic rings. The summed E-state index contributed by atoms with van der Waals surface area (Å²) < 4.78 is 20.4. The Morgan fingerprint density at radius 3 is 2.64 bits per heavy atom. The van der Waals surface area contributed by atoms with Crippen molar-refractivity contribution in [3.63, 3.8) is 0 Å². The number of ether oxygens (including phenoxy) is 1. The molecule has 25 heavy (non-hydrogen) atoms. The Labute approximate surface area is 147 Å². The molecular weight excluding hydrogens is 321 g/mol. The molecule has 1 fully saturated rings. The number of aliphatic hydroxyl groups excluding tert-OH is 1. The minimum atomic E-state index is -0.255. The van der Waals surface area contributed by atoms with Crippen LogP contribution in [0.15, 0.2) is 30.5 Å². The average Bonchev–Trinajstić information content (AvgIpc) is 3.03.